The van der Waals surface area contributed by atoms with Crippen molar-refractivity contribution in [2.24, 2.45) is 11.8 Å². The van der Waals surface area contributed by atoms with Crippen LogP contribution >= 0.6 is 0 Å². The Balaban J connectivity index is 1.66. The van der Waals surface area contributed by atoms with Crippen molar-refractivity contribution in [1.29, 1.82) is 0 Å². The number of methoxy groups -OCH3 is 1. The van der Waals surface area contributed by atoms with Gasteiger partial charge < -0.3 is 15.0 Å². The number of nitrogens with zero attached hydrogens (tertiary/aromatic N) is 1. The number of hydrogen-bond acceptors (Lipinski definition) is 3. The third kappa shape index (κ3) is 2.36. The van der Waals surface area contributed by atoms with Gasteiger partial charge in [-0.05, 0) is 38.0 Å². The average Bonchev–Trinajstić information content (AvgIpc) is 3.06. The summed E-state index contributed by atoms with van der Waals surface area (Å²) in [7, 11) is 1.62. The van der Waals surface area contributed by atoms with Gasteiger partial charge in [0.2, 0.25) is 11.8 Å². The number of amides is 2. The van der Waals surface area contributed by atoms with E-state index < -0.39 is 0 Å². The molecule has 0 aromatic heterocycles. The van der Waals surface area contributed by atoms with Gasteiger partial charge in [-0.1, -0.05) is 0 Å². The number of ether oxygens (including phenoxy) is 1. The monoisotopic (exact) mass is 266 g/mol. The minimum absolute atomic E-state index is 0.0123. The van der Waals surface area contributed by atoms with Crippen LogP contribution in [0.1, 0.15) is 32.1 Å². The lowest BCUT2D eigenvalue weighted by Gasteiger charge is -2.34. The van der Waals surface area contributed by atoms with E-state index in [1.54, 1.807) is 7.11 Å². The highest BCUT2D eigenvalue weighted by atomic mass is 16.5. The van der Waals surface area contributed by atoms with Gasteiger partial charge in [0.25, 0.3) is 0 Å². The summed E-state index contributed by atoms with van der Waals surface area (Å²) >= 11 is 0. The molecule has 3 aliphatic rings. The number of carbonyl (C=O) groups excluding carboxylic acids is 2. The van der Waals surface area contributed by atoms with Crippen LogP contribution < -0.4 is 5.32 Å². The van der Waals surface area contributed by atoms with Gasteiger partial charge in [0.1, 0.15) is 6.04 Å². The number of hydrogen-bond donors (Lipinski definition) is 1. The second-order valence-corrected chi connectivity index (χ2v) is 5.98. The molecule has 2 saturated carbocycles. The number of fused-ring (bicyclic) bond motifs is 2. The zero-order chi connectivity index (χ0) is 13.4. The van der Waals surface area contributed by atoms with E-state index in [4.69, 9.17) is 4.74 Å². The molecule has 3 rings (SSSR count). The quantitative estimate of drug-likeness (QED) is 0.739. The first-order valence-electron chi connectivity index (χ1n) is 7.31. The van der Waals surface area contributed by atoms with Crippen molar-refractivity contribution in [3.05, 3.63) is 0 Å². The van der Waals surface area contributed by atoms with Crippen LogP contribution in [0.25, 0.3) is 0 Å². The van der Waals surface area contributed by atoms with Crippen LogP contribution in [0.4, 0.5) is 0 Å². The second kappa shape index (κ2) is 5.12. The Kier molecular flexibility index (Phi) is 3.48. The fourth-order valence-corrected chi connectivity index (χ4v) is 3.56. The summed E-state index contributed by atoms with van der Waals surface area (Å²) in [5, 5.41) is 2.90. The zero-order valence-corrected chi connectivity index (χ0v) is 11.4. The maximum atomic E-state index is 12.4. The zero-order valence-electron chi connectivity index (χ0n) is 11.4. The first-order chi connectivity index (χ1) is 9.22. The van der Waals surface area contributed by atoms with E-state index in [0.717, 1.165) is 32.1 Å². The molecular weight excluding hydrogens is 244 g/mol. The molecule has 0 unspecified atom stereocenters. The maximum absolute atomic E-state index is 12.4. The van der Waals surface area contributed by atoms with E-state index in [1.165, 1.54) is 0 Å². The molecular formula is C14H22N2O3. The Morgan fingerprint density at radius 3 is 2.74 bits per heavy atom. The van der Waals surface area contributed by atoms with E-state index in [0.29, 0.717) is 25.1 Å². The molecule has 0 radical (unpaired) electrons. The topological polar surface area (TPSA) is 58.6 Å². The van der Waals surface area contributed by atoms with Gasteiger partial charge in [0.15, 0.2) is 0 Å². The number of rotatable bonds is 5. The highest BCUT2D eigenvalue weighted by molar-refractivity contribution is 5.90. The Labute approximate surface area is 113 Å². The van der Waals surface area contributed by atoms with E-state index in [-0.39, 0.29) is 23.8 Å². The molecule has 2 amide bonds. The highest BCUT2D eigenvalue weighted by Gasteiger charge is 2.53. The molecule has 1 aliphatic heterocycles. The molecule has 5 heteroatoms. The lowest BCUT2D eigenvalue weighted by atomic mass is 9.97. The summed E-state index contributed by atoms with van der Waals surface area (Å²) in [5.74, 6) is 0.807. The minimum Gasteiger partial charge on any atom is -0.383 e. The molecule has 3 fully saturated rings. The maximum Gasteiger partial charge on any atom is 0.243 e. The van der Waals surface area contributed by atoms with Gasteiger partial charge in [-0.2, -0.15) is 0 Å². The fraction of sp³-hybridized carbons (Fsp3) is 0.857. The molecule has 2 bridgehead atoms. The van der Waals surface area contributed by atoms with Gasteiger partial charge in [-0.25, -0.2) is 0 Å². The summed E-state index contributed by atoms with van der Waals surface area (Å²) in [4.78, 5) is 26.6. The third-order valence-corrected chi connectivity index (χ3v) is 4.64. The van der Waals surface area contributed by atoms with Crippen LogP contribution in [0.15, 0.2) is 0 Å². The van der Waals surface area contributed by atoms with E-state index >= 15 is 0 Å². The highest BCUT2D eigenvalue weighted by Crippen LogP contribution is 2.45. The van der Waals surface area contributed by atoms with Crippen LogP contribution in [0, 0.1) is 11.8 Å². The Hall–Kier alpha value is -1.10. The van der Waals surface area contributed by atoms with Crippen molar-refractivity contribution in [1.82, 2.24) is 10.2 Å². The van der Waals surface area contributed by atoms with Crippen LogP contribution in [-0.2, 0) is 14.3 Å². The van der Waals surface area contributed by atoms with Crippen molar-refractivity contribution in [3.63, 3.8) is 0 Å². The Bertz CT molecular complexity index is 381. The molecule has 1 heterocycles. The Morgan fingerprint density at radius 1 is 1.26 bits per heavy atom. The third-order valence-electron chi connectivity index (χ3n) is 4.64. The molecule has 19 heavy (non-hydrogen) atoms. The van der Waals surface area contributed by atoms with E-state index in [9.17, 15) is 9.59 Å². The summed E-state index contributed by atoms with van der Waals surface area (Å²) < 4.78 is 4.94. The molecule has 1 saturated heterocycles. The van der Waals surface area contributed by atoms with Crippen molar-refractivity contribution in [3.8, 4) is 0 Å². The molecule has 106 valence electrons. The van der Waals surface area contributed by atoms with Crippen LogP contribution in [0.3, 0.4) is 0 Å². The Morgan fingerprint density at radius 2 is 2.05 bits per heavy atom. The predicted octanol–water partition coefficient (Wildman–Crippen LogP) is 0.538. The van der Waals surface area contributed by atoms with Gasteiger partial charge in [0, 0.05) is 25.6 Å². The van der Waals surface area contributed by atoms with Gasteiger partial charge in [-0.15, -0.1) is 0 Å². The lowest BCUT2D eigenvalue weighted by molar-refractivity contribution is -0.143. The van der Waals surface area contributed by atoms with Crippen LogP contribution in [0.2, 0.25) is 0 Å². The van der Waals surface area contributed by atoms with Crippen LogP contribution in [0.5, 0.6) is 0 Å². The van der Waals surface area contributed by atoms with E-state index in [2.05, 4.69) is 5.32 Å². The average molecular weight is 266 g/mol. The van der Waals surface area contributed by atoms with Gasteiger partial charge in [0.05, 0.1) is 6.61 Å². The lowest BCUT2D eigenvalue weighted by Crippen LogP contribution is -2.53. The minimum atomic E-state index is -0.219. The molecule has 5 nitrogen and oxygen atoms in total. The second-order valence-electron chi connectivity index (χ2n) is 5.98. The molecule has 3 atom stereocenters. The number of piperidine rings is 1. The molecule has 0 aromatic carbocycles. The fourth-order valence-electron chi connectivity index (χ4n) is 3.56. The molecule has 2 aliphatic carbocycles. The summed E-state index contributed by atoms with van der Waals surface area (Å²) in [5.41, 5.74) is 0. The SMILES string of the molecule is COCCNC(=O)[C@H]1[C@H]2CC[C@@H](C2)N1C(=O)C1CC1. The van der Waals surface area contributed by atoms with E-state index in [1.807, 2.05) is 4.90 Å². The normalized spacial score (nSPS) is 32.7. The largest absolute Gasteiger partial charge is 0.383 e. The molecule has 1 N–H and O–H groups in total. The standard InChI is InChI=1S/C14H22N2O3/c1-19-7-6-15-13(17)12-10-4-5-11(8-10)16(12)14(18)9-2-3-9/h9-12H,2-8H2,1H3,(H,15,17)/t10-,11-,12+/m0/s1. The summed E-state index contributed by atoms with van der Waals surface area (Å²) in [6.45, 7) is 1.04. The summed E-state index contributed by atoms with van der Waals surface area (Å²) in [6.07, 6.45) is 5.18. The van der Waals surface area contributed by atoms with Crippen molar-refractivity contribution < 1.29 is 14.3 Å². The van der Waals surface area contributed by atoms with Crippen molar-refractivity contribution >= 4 is 11.8 Å². The smallest absolute Gasteiger partial charge is 0.243 e. The van der Waals surface area contributed by atoms with Gasteiger partial charge >= 0.3 is 0 Å². The van der Waals surface area contributed by atoms with Crippen molar-refractivity contribution in [2.45, 2.75) is 44.2 Å². The molecule has 0 aromatic rings. The van der Waals surface area contributed by atoms with Crippen LogP contribution in [-0.4, -0.2) is 49.1 Å². The molecule has 0 spiro atoms. The summed E-state index contributed by atoms with van der Waals surface area (Å²) in [6, 6.07) is 0.0972. The first-order valence-corrected chi connectivity index (χ1v) is 7.31. The number of carbonyl (C=O) groups is 2. The number of likely N-dealkylation sites (tertiary alicyclic amines) is 1. The predicted molar refractivity (Wildman–Crippen MR) is 69.4 cm³/mol. The number of nitrogens with one attached hydrogen (secondary N) is 1. The van der Waals surface area contributed by atoms with Crippen molar-refractivity contribution in [2.75, 3.05) is 20.3 Å². The first kappa shape index (κ1) is 12.9. The van der Waals surface area contributed by atoms with Gasteiger partial charge in [-0.3, -0.25) is 9.59 Å².